The van der Waals surface area contributed by atoms with Gasteiger partial charge in [0.05, 0.1) is 22.4 Å². The van der Waals surface area contributed by atoms with Crippen LogP contribution in [-0.2, 0) is 9.59 Å². The minimum atomic E-state index is -0.503. The average Bonchev–Trinajstić information content (AvgIpc) is 3.12. The number of allylic oxidation sites excluding steroid dienone is 2. The monoisotopic (exact) mass is 299 g/mol. The molecule has 4 atom stereocenters. The highest BCUT2D eigenvalue weighted by atomic mass is 16.6. The van der Waals surface area contributed by atoms with E-state index in [0.717, 1.165) is 6.42 Å². The zero-order valence-corrected chi connectivity index (χ0v) is 11.5. The van der Waals surface area contributed by atoms with E-state index in [2.05, 4.69) is 5.43 Å². The molecule has 2 bridgehead atoms. The van der Waals surface area contributed by atoms with Gasteiger partial charge in [-0.2, -0.15) is 0 Å². The van der Waals surface area contributed by atoms with Crippen LogP contribution in [0.4, 0.5) is 11.4 Å². The lowest BCUT2D eigenvalue weighted by atomic mass is 9.80. The maximum Gasteiger partial charge on any atom is 0.269 e. The lowest BCUT2D eigenvalue weighted by molar-refractivity contribution is -0.384. The first kappa shape index (κ1) is 13.0. The van der Waals surface area contributed by atoms with Crippen molar-refractivity contribution in [2.45, 2.75) is 6.42 Å². The summed E-state index contributed by atoms with van der Waals surface area (Å²) in [6.45, 7) is 0. The van der Waals surface area contributed by atoms with Crippen molar-refractivity contribution in [3.63, 3.8) is 0 Å². The summed E-state index contributed by atoms with van der Waals surface area (Å²) in [6.07, 6.45) is 4.90. The number of hydrogen-bond donors (Lipinski definition) is 1. The molecular weight excluding hydrogens is 286 g/mol. The number of non-ortho nitro benzene ring substituents is 1. The second kappa shape index (κ2) is 4.40. The fourth-order valence-electron chi connectivity index (χ4n) is 3.82. The summed E-state index contributed by atoms with van der Waals surface area (Å²) in [7, 11) is 0. The topological polar surface area (TPSA) is 92.6 Å². The van der Waals surface area contributed by atoms with Gasteiger partial charge in [-0.05, 0) is 30.4 Å². The van der Waals surface area contributed by atoms with Gasteiger partial charge in [0.1, 0.15) is 0 Å². The van der Waals surface area contributed by atoms with Crippen molar-refractivity contribution < 1.29 is 14.5 Å². The second-order valence-electron chi connectivity index (χ2n) is 5.92. The Morgan fingerprint density at radius 2 is 1.73 bits per heavy atom. The van der Waals surface area contributed by atoms with Gasteiger partial charge in [-0.15, -0.1) is 0 Å². The number of carbonyl (C=O) groups is 2. The van der Waals surface area contributed by atoms with Crippen LogP contribution < -0.4 is 10.4 Å². The predicted molar refractivity (Wildman–Crippen MR) is 76.4 cm³/mol. The average molecular weight is 299 g/mol. The molecule has 0 unspecified atom stereocenters. The van der Waals surface area contributed by atoms with E-state index in [1.807, 2.05) is 12.2 Å². The Bertz CT molecular complexity index is 712. The third-order valence-corrected chi connectivity index (χ3v) is 4.81. The largest absolute Gasteiger partial charge is 0.273 e. The van der Waals surface area contributed by atoms with Gasteiger partial charge in [0.2, 0.25) is 11.8 Å². The van der Waals surface area contributed by atoms with E-state index in [9.17, 15) is 19.7 Å². The molecule has 1 aliphatic heterocycles. The van der Waals surface area contributed by atoms with Crippen molar-refractivity contribution in [3.8, 4) is 0 Å². The number of rotatable bonds is 2. The third kappa shape index (κ3) is 1.68. The first-order chi connectivity index (χ1) is 10.6. The van der Waals surface area contributed by atoms with E-state index < -0.39 is 4.92 Å². The minimum absolute atomic E-state index is 0.0553. The SMILES string of the molecule is O=C1NN(c2ccc([N+](=O)[O-])cc2)C(=O)[C@@H]2[C@H]1[C@H]1C=C[C@H]2C1. The molecule has 0 aromatic heterocycles. The summed E-state index contributed by atoms with van der Waals surface area (Å²) in [6, 6.07) is 5.59. The van der Waals surface area contributed by atoms with Crippen molar-refractivity contribution >= 4 is 23.2 Å². The van der Waals surface area contributed by atoms with E-state index >= 15 is 0 Å². The Kier molecular flexibility index (Phi) is 2.60. The molecule has 4 rings (SSSR count). The van der Waals surface area contributed by atoms with Gasteiger partial charge in [0.15, 0.2) is 0 Å². The number of benzene rings is 1. The highest BCUT2D eigenvalue weighted by Gasteiger charge is 2.55. The first-order valence-electron chi connectivity index (χ1n) is 7.13. The van der Waals surface area contributed by atoms with Crippen LogP contribution in [0.5, 0.6) is 0 Å². The summed E-state index contributed by atoms with van der Waals surface area (Å²) >= 11 is 0. The van der Waals surface area contributed by atoms with Crippen LogP contribution in [0.1, 0.15) is 6.42 Å². The fourth-order valence-corrected chi connectivity index (χ4v) is 3.82. The minimum Gasteiger partial charge on any atom is -0.273 e. The van der Waals surface area contributed by atoms with Crippen LogP contribution in [0.25, 0.3) is 0 Å². The number of nitrogens with one attached hydrogen (secondary N) is 1. The molecule has 0 spiro atoms. The van der Waals surface area contributed by atoms with Gasteiger partial charge in [0.25, 0.3) is 5.69 Å². The molecule has 7 heteroatoms. The molecule has 0 radical (unpaired) electrons. The summed E-state index contributed by atoms with van der Waals surface area (Å²) in [5, 5.41) is 11.9. The molecule has 2 aliphatic carbocycles. The van der Waals surface area contributed by atoms with Crippen molar-refractivity contribution in [3.05, 3.63) is 46.5 Å². The van der Waals surface area contributed by atoms with Crippen LogP contribution in [0.15, 0.2) is 36.4 Å². The standard InChI is InChI=1S/C15H13N3O4/c19-14-12-8-1-2-9(7-8)13(12)15(20)17(16-14)10-3-5-11(6-4-10)18(21)22/h1-6,8-9,12-13H,7H2,(H,16,19)/t8-,9-,12+,13-/m0/s1. The molecule has 1 saturated carbocycles. The van der Waals surface area contributed by atoms with Crippen molar-refractivity contribution in [2.24, 2.45) is 23.7 Å². The molecule has 7 nitrogen and oxygen atoms in total. The lowest BCUT2D eigenvalue weighted by Gasteiger charge is -2.37. The van der Waals surface area contributed by atoms with Crippen LogP contribution in [0.2, 0.25) is 0 Å². The van der Waals surface area contributed by atoms with Crippen LogP contribution in [0.3, 0.4) is 0 Å². The molecule has 3 aliphatic rings. The number of carbonyl (C=O) groups excluding carboxylic acids is 2. The zero-order valence-electron chi connectivity index (χ0n) is 11.5. The highest BCUT2D eigenvalue weighted by molar-refractivity contribution is 6.05. The fraction of sp³-hybridized carbons (Fsp3) is 0.333. The van der Waals surface area contributed by atoms with Gasteiger partial charge in [0, 0.05) is 12.1 Å². The molecule has 112 valence electrons. The van der Waals surface area contributed by atoms with Crippen molar-refractivity contribution in [2.75, 3.05) is 5.01 Å². The summed E-state index contributed by atoms with van der Waals surface area (Å²) in [5.41, 5.74) is 3.01. The Hall–Kier alpha value is -2.70. The van der Waals surface area contributed by atoms with Crippen LogP contribution in [0, 0.1) is 33.8 Å². The molecule has 1 aromatic carbocycles. The van der Waals surface area contributed by atoms with E-state index in [0.29, 0.717) is 5.69 Å². The van der Waals surface area contributed by atoms with E-state index in [1.54, 1.807) is 0 Å². The Balaban J connectivity index is 1.66. The number of amides is 2. The number of hydrazine groups is 1. The third-order valence-electron chi connectivity index (χ3n) is 4.81. The van der Waals surface area contributed by atoms with Gasteiger partial charge in [-0.1, -0.05) is 12.2 Å². The van der Waals surface area contributed by atoms with E-state index in [4.69, 9.17) is 0 Å². The normalized spacial score (nSPS) is 32.1. The first-order valence-corrected chi connectivity index (χ1v) is 7.13. The van der Waals surface area contributed by atoms with Gasteiger partial charge in [-0.25, -0.2) is 5.01 Å². The maximum atomic E-state index is 12.7. The molecular formula is C15H13N3O4. The Morgan fingerprint density at radius 3 is 2.36 bits per heavy atom. The van der Waals surface area contributed by atoms with E-state index in [1.165, 1.54) is 29.3 Å². The van der Waals surface area contributed by atoms with Gasteiger partial charge >= 0.3 is 0 Å². The maximum absolute atomic E-state index is 12.7. The molecule has 1 heterocycles. The smallest absolute Gasteiger partial charge is 0.269 e. The number of anilines is 1. The summed E-state index contributed by atoms with van der Waals surface area (Å²) in [4.78, 5) is 35.2. The van der Waals surface area contributed by atoms with Crippen LogP contribution in [-0.4, -0.2) is 16.7 Å². The molecule has 2 fully saturated rings. The van der Waals surface area contributed by atoms with Gasteiger partial charge in [-0.3, -0.25) is 25.1 Å². The molecule has 2 amide bonds. The molecule has 22 heavy (non-hydrogen) atoms. The molecule has 1 aromatic rings. The Morgan fingerprint density at radius 1 is 1.09 bits per heavy atom. The summed E-state index contributed by atoms with van der Waals surface area (Å²) < 4.78 is 0. The number of nitro groups is 1. The number of nitro benzene ring substituents is 1. The van der Waals surface area contributed by atoms with Crippen molar-refractivity contribution in [1.29, 1.82) is 0 Å². The zero-order chi connectivity index (χ0) is 15.4. The summed E-state index contributed by atoms with van der Waals surface area (Å²) in [5.74, 6) is -0.627. The van der Waals surface area contributed by atoms with E-state index in [-0.39, 0.29) is 41.2 Å². The van der Waals surface area contributed by atoms with Crippen molar-refractivity contribution in [1.82, 2.24) is 5.43 Å². The lowest BCUT2D eigenvalue weighted by Crippen LogP contribution is -2.60. The Labute approximate surface area is 125 Å². The number of hydrogen-bond acceptors (Lipinski definition) is 4. The van der Waals surface area contributed by atoms with Gasteiger partial charge < -0.3 is 0 Å². The quantitative estimate of drug-likeness (QED) is 0.507. The second-order valence-corrected chi connectivity index (χ2v) is 5.92. The number of nitrogens with zero attached hydrogens (tertiary/aromatic N) is 2. The molecule has 1 N–H and O–H groups in total. The number of fused-ring (bicyclic) bond motifs is 5. The predicted octanol–water partition coefficient (Wildman–Crippen LogP) is 1.41. The molecule has 1 saturated heterocycles. The van der Waals surface area contributed by atoms with Crippen LogP contribution >= 0.6 is 0 Å². The highest BCUT2D eigenvalue weighted by Crippen LogP contribution is 2.50.